The molecule has 1 N–H and O–H groups in total. The van der Waals surface area contributed by atoms with Crippen molar-refractivity contribution >= 4 is 11.7 Å². The van der Waals surface area contributed by atoms with Gasteiger partial charge in [-0.05, 0) is 49.6 Å². The fraction of sp³-hybridized carbons (Fsp3) is 0.167. The number of nitrogens with zero attached hydrogens (tertiary/aromatic N) is 2. The molecule has 0 radical (unpaired) electrons. The van der Waals surface area contributed by atoms with Crippen LogP contribution in [0.5, 0.6) is 0 Å². The average Bonchev–Trinajstić information content (AvgIpc) is 3.02. The Morgan fingerprint density at radius 3 is 2.61 bits per heavy atom. The molecule has 0 aliphatic carbocycles. The Balaban J connectivity index is 1.82. The van der Waals surface area contributed by atoms with Crippen LogP contribution in [-0.2, 0) is 0 Å². The summed E-state index contributed by atoms with van der Waals surface area (Å²) in [6.45, 7) is 5.96. The molecule has 5 nitrogen and oxygen atoms in total. The van der Waals surface area contributed by atoms with Gasteiger partial charge in [0.15, 0.2) is 11.5 Å². The molecule has 0 bridgehead atoms. The molecule has 3 aromatic rings. The first-order valence-corrected chi connectivity index (χ1v) is 7.32. The van der Waals surface area contributed by atoms with Gasteiger partial charge in [-0.15, -0.1) is 0 Å². The van der Waals surface area contributed by atoms with Crippen LogP contribution in [0.25, 0.3) is 11.3 Å². The SMILES string of the molecule is Cc1ccc(-c2cc(C(=O)Nc3ncccc3C)no2)cc1C. The first-order chi connectivity index (χ1) is 11.0. The topological polar surface area (TPSA) is 68.0 Å². The number of carbonyl (C=O) groups excluding carboxylic acids is 1. The molecular weight excluding hydrogens is 290 g/mol. The van der Waals surface area contributed by atoms with Crippen LogP contribution >= 0.6 is 0 Å². The maximum Gasteiger partial charge on any atom is 0.279 e. The molecule has 116 valence electrons. The van der Waals surface area contributed by atoms with Gasteiger partial charge in [0, 0.05) is 17.8 Å². The second-order valence-corrected chi connectivity index (χ2v) is 5.50. The zero-order chi connectivity index (χ0) is 16.4. The van der Waals surface area contributed by atoms with Crippen LogP contribution < -0.4 is 5.32 Å². The predicted octanol–water partition coefficient (Wildman–Crippen LogP) is 3.91. The van der Waals surface area contributed by atoms with Crippen LogP contribution in [0.15, 0.2) is 47.1 Å². The first-order valence-electron chi connectivity index (χ1n) is 7.32. The second kappa shape index (κ2) is 6.04. The largest absolute Gasteiger partial charge is 0.355 e. The monoisotopic (exact) mass is 307 g/mol. The number of benzene rings is 1. The molecular formula is C18H17N3O2. The molecule has 0 aliphatic rings. The molecule has 2 aromatic heterocycles. The average molecular weight is 307 g/mol. The number of pyridine rings is 1. The Kier molecular flexibility index (Phi) is 3.93. The van der Waals surface area contributed by atoms with Gasteiger partial charge in [-0.1, -0.05) is 23.4 Å². The summed E-state index contributed by atoms with van der Waals surface area (Å²) in [6, 6.07) is 11.3. The van der Waals surface area contributed by atoms with Gasteiger partial charge in [0.2, 0.25) is 0 Å². The summed E-state index contributed by atoms with van der Waals surface area (Å²) in [5.74, 6) is 0.745. The van der Waals surface area contributed by atoms with Gasteiger partial charge in [0.1, 0.15) is 5.82 Å². The van der Waals surface area contributed by atoms with E-state index in [4.69, 9.17) is 4.52 Å². The van der Waals surface area contributed by atoms with E-state index in [1.54, 1.807) is 12.3 Å². The predicted molar refractivity (Wildman–Crippen MR) is 88.3 cm³/mol. The smallest absolute Gasteiger partial charge is 0.279 e. The lowest BCUT2D eigenvalue weighted by Gasteiger charge is -2.04. The van der Waals surface area contributed by atoms with E-state index in [0.29, 0.717) is 11.6 Å². The van der Waals surface area contributed by atoms with E-state index in [9.17, 15) is 4.79 Å². The molecule has 0 atom stereocenters. The normalized spacial score (nSPS) is 10.6. The van der Waals surface area contributed by atoms with Gasteiger partial charge in [0.05, 0.1) is 0 Å². The summed E-state index contributed by atoms with van der Waals surface area (Å²) in [6.07, 6.45) is 1.63. The molecule has 0 saturated carbocycles. The summed E-state index contributed by atoms with van der Waals surface area (Å²) in [4.78, 5) is 16.4. The van der Waals surface area contributed by atoms with Gasteiger partial charge < -0.3 is 9.84 Å². The highest BCUT2D eigenvalue weighted by atomic mass is 16.5. The minimum atomic E-state index is -0.342. The number of nitrogens with one attached hydrogen (secondary N) is 1. The van der Waals surface area contributed by atoms with Crippen molar-refractivity contribution in [2.24, 2.45) is 0 Å². The van der Waals surface area contributed by atoms with Crippen LogP contribution in [0, 0.1) is 20.8 Å². The number of aryl methyl sites for hydroxylation is 3. The zero-order valence-corrected chi connectivity index (χ0v) is 13.3. The highest BCUT2D eigenvalue weighted by Gasteiger charge is 2.15. The van der Waals surface area contributed by atoms with E-state index in [-0.39, 0.29) is 11.6 Å². The van der Waals surface area contributed by atoms with Crippen molar-refractivity contribution in [1.82, 2.24) is 10.1 Å². The van der Waals surface area contributed by atoms with Gasteiger partial charge in [-0.25, -0.2) is 4.98 Å². The Bertz CT molecular complexity index is 868. The Morgan fingerprint density at radius 1 is 1.04 bits per heavy atom. The molecule has 0 spiro atoms. The lowest BCUT2D eigenvalue weighted by atomic mass is 10.0. The highest BCUT2D eigenvalue weighted by Crippen LogP contribution is 2.23. The second-order valence-electron chi connectivity index (χ2n) is 5.50. The van der Waals surface area contributed by atoms with Gasteiger partial charge >= 0.3 is 0 Å². The molecule has 0 unspecified atom stereocenters. The standard InChI is InChI=1S/C18H17N3O2/c1-11-6-7-14(9-13(11)3)16-10-15(21-23-16)18(22)20-17-12(2)5-4-8-19-17/h4-10H,1-3H3,(H,19,20,22). The van der Waals surface area contributed by atoms with Crippen molar-refractivity contribution in [3.63, 3.8) is 0 Å². The van der Waals surface area contributed by atoms with Gasteiger partial charge in [-0.2, -0.15) is 0 Å². The molecule has 2 heterocycles. The summed E-state index contributed by atoms with van der Waals surface area (Å²) in [5, 5.41) is 6.59. The molecule has 1 amide bonds. The van der Waals surface area contributed by atoms with Crippen molar-refractivity contribution in [3.05, 3.63) is 65.0 Å². The van der Waals surface area contributed by atoms with E-state index in [0.717, 1.165) is 16.7 Å². The molecule has 3 rings (SSSR count). The lowest BCUT2D eigenvalue weighted by molar-refractivity contribution is 0.101. The summed E-state index contributed by atoms with van der Waals surface area (Å²) in [5.41, 5.74) is 4.38. The number of hydrogen-bond donors (Lipinski definition) is 1. The number of anilines is 1. The summed E-state index contributed by atoms with van der Waals surface area (Å²) < 4.78 is 5.30. The van der Waals surface area contributed by atoms with E-state index >= 15 is 0 Å². The van der Waals surface area contributed by atoms with E-state index in [1.807, 2.05) is 51.1 Å². The van der Waals surface area contributed by atoms with E-state index in [1.165, 1.54) is 5.56 Å². The van der Waals surface area contributed by atoms with E-state index in [2.05, 4.69) is 15.5 Å². The quantitative estimate of drug-likeness (QED) is 0.796. The number of rotatable bonds is 3. The molecule has 0 fully saturated rings. The summed E-state index contributed by atoms with van der Waals surface area (Å²) >= 11 is 0. The zero-order valence-electron chi connectivity index (χ0n) is 13.3. The van der Waals surface area contributed by atoms with Crippen molar-refractivity contribution in [1.29, 1.82) is 0 Å². The Labute approximate surface area is 134 Å². The fourth-order valence-electron chi connectivity index (χ4n) is 2.20. The number of amides is 1. The summed E-state index contributed by atoms with van der Waals surface area (Å²) in [7, 11) is 0. The fourth-order valence-corrected chi connectivity index (χ4v) is 2.20. The van der Waals surface area contributed by atoms with Crippen molar-refractivity contribution < 1.29 is 9.32 Å². The van der Waals surface area contributed by atoms with Crippen LogP contribution in [0.1, 0.15) is 27.2 Å². The first kappa shape index (κ1) is 15.0. The van der Waals surface area contributed by atoms with Crippen LogP contribution in [0.4, 0.5) is 5.82 Å². The molecule has 1 aromatic carbocycles. The molecule has 5 heteroatoms. The minimum Gasteiger partial charge on any atom is -0.355 e. The van der Waals surface area contributed by atoms with Crippen LogP contribution in [0.2, 0.25) is 0 Å². The third-order valence-electron chi connectivity index (χ3n) is 3.78. The maximum absolute atomic E-state index is 12.3. The van der Waals surface area contributed by atoms with Gasteiger partial charge in [0.25, 0.3) is 5.91 Å². The third kappa shape index (κ3) is 3.13. The highest BCUT2D eigenvalue weighted by molar-refractivity contribution is 6.03. The van der Waals surface area contributed by atoms with Crippen molar-refractivity contribution in [3.8, 4) is 11.3 Å². The van der Waals surface area contributed by atoms with Crippen LogP contribution in [-0.4, -0.2) is 16.0 Å². The third-order valence-corrected chi connectivity index (χ3v) is 3.78. The molecule has 23 heavy (non-hydrogen) atoms. The van der Waals surface area contributed by atoms with Gasteiger partial charge in [-0.3, -0.25) is 4.79 Å². The van der Waals surface area contributed by atoms with Crippen LogP contribution in [0.3, 0.4) is 0 Å². The minimum absolute atomic E-state index is 0.225. The van der Waals surface area contributed by atoms with Crippen molar-refractivity contribution in [2.45, 2.75) is 20.8 Å². The maximum atomic E-state index is 12.3. The molecule has 0 aliphatic heterocycles. The number of hydrogen-bond acceptors (Lipinski definition) is 4. The van der Waals surface area contributed by atoms with E-state index < -0.39 is 0 Å². The molecule has 0 saturated heterocycles. The Hall–Kier alpha value is -2.95. The lowest BCUT2D eigenvalue weighted by Crippen LogP contribution is -2.14. The number of carbonyl (C=O) groups is 1. The Morgan fingerprint density at radius 2 is 1.87 bits per heavy atom. The van der Waals surface area contributed by atoms with Crippen molar-refractivity contribution in [2.75, 3.05) is 5.32 Å². The number of aromatic nitrogens is 2.